The summed E-state index contributed by atoms with van der Waals surface area (Å²) in [6.07, 6.45) is 2.31. The van der Waals surface area contributed by atoms with Crippen molar-refractivity contribution < 1.29 is 4.74 Å². The number of hydrogen-bond donors (Lipinski definition) is 0. The summed E-state index contributed by atoms with van der Waals surface area (Å²) < 4.78 is 7.76. The van der Waals surface area contributed by atoms with E-state index in [2.05, 4.69) is 36.6 Å². The van der Waals surface area contributed by atoms with E-state index < -0.39 is 5.41 Å². The van der Waals surface area contributed by atoms with E-state index in [0.717, 1.165) is 18.5 Å². The van der Waals surface area contributed by atoms with Crippen molar-refractivity contribution in [2.24, 2.45) is 0 Å². The van der Waals surface area contributed by atoms with Gasteiger partial charge in [-0.2, -0.15) is 5.26 Å². The van der Waals surface area contributed by atoms with Gasteiger partial charge >= 0.3 is 0 Å². The average Bonchev–Trinajstić information content (AvgIpc) is 2.66. The van der Waals surface area contributed by atoms with Crippen molar-refractivity contribution in [3.63, 3.8) is 0 Å². The first-order valence-electron chi connectivity index (χ1n) is 7.28. The van der Waals surface area contributed by atoms with E-state index in [1.165, 1.54) is 34.1 Å². The number of ether oxygens (including phenoxy) is 1. The average molecular weight is 266 g/mol. The second-order valence-corrected chi connectivity index (χ2v) is 6.18. The number of nitrogens with zero attached hydrogens (tertiary/aromatic N) is 2. The van der Waals surface area contributed by atoms with Crippen LogP contribution in [0.5, 0.6) is 0 Å². The largest absolute Gasteiger partial charge is 0.377 e. The fourth-order valence-corrected chi connectivity index (χ4v) is 3.64. The Hall–Kier alpha value is -1.79. The van der Waals surface area contributed by atoms with Crippen LogP contribution in [0.15, 0.2) is 12.1 Å². The summed E-state index contributed by atoms with van der Waals surface area (Å²) in [6.45, 7) is 6.59. The Balaban J connectivity index is 2.04. The Morgan fingerprint density at radius 3 is 2.75 bits per heavy atom. The molecule has 3 heterocycles. The number of benzene rings is 1. The molecule has 0 saturated carbocycles. The lowest BCUT2D eigenvalue weighted by molar-refractivity contribution is -0.0297. The lowest BCUT2D eigenvalue weighted by atomic mass is 9.78. The van der Waals surface area contributed by atoms with E-state index in [1.54, 1.807) is 0 Å². The molecule has 1 fully saturated rings. The lowest BCUT2D eigenvalue weighted by Gasteiger charge is -2.36. The molecule has 0 bridgehead atoms. The third-order valence-electron chi connectivity index (χ3n) is 5.10. The van der Waals surface area contributed by atoms with E-state index in [1.807, 2.05) is 0 Å². The van der Waals surface area contributed by atoms with Gasteiger partial charge in [0.05, 0.1) is 24.8 Å². The van der Waals surface area contributed by atoms with Crippen molar-refractivity contribution in [1.82, 2.24) is 4.57 Å². The van der Waals surface area contributed by atoms with Gasteiger partial charge < -0.3 is 9.30 Å². The Morgan fingerprint density at radius 2 is 2.10 bits per heavy atom. The summed E-state index contributed by atoms with van der Waals surface area (Å²) in [5.41, 5.74) is 6.26. The molecule has 1 saturated heterocycles. The predicted molar refractivity (Wildman–Crippen MR) is 77.8 cm³/mol. The molecular formula is C17H18N2O. The standard InChI is InChI=1S/C17H18N2O/c1-11-12(2)19-5-3-4-13-6-14(7-15(11)16(13)19)17(8-18)9-20-10-17/h6-7H,3-5,9-10H2,1-2H3. The molecule has 0 amide bonds. The third kappa shape index (κ3) is 1.32. The van der Waals surface area contributed by atoms with Crippen LogP contribution in [0.3, 0.4) is 0 Å². The summed E-state index contributed by atoms with van der Waals surface area (Å²) in [5.74, 6) is 0. The molecule has 2 aliphatic rings. The molecule has 0 unspecified atom stereocenters. The summed E-state index contributed by atoms with van der Waals surface area (Å²) in [6, 6.07) is 6.96. The Bertz CT molecular complexity index is 760. The molecule has 0 atom stereocenters. The van der Waals surface area contributed by atoms with Crippen LogP contribution >= 0.6 is 0 Å². The van der Waals surface area contributed by atoms with Crippen molar-refractivity contribution in [3.8, 4) is 6.07 Å². The summed E-state index contributed by atoms with van der Waals surface area (Å²) in [5, 5.41) is 10.9. The quantitative estimate of drug-likeness (QED) is 0.795. The maximum absolute atomic E-state index is 9.53. The first-order valence-corrected chi connectivity index (χ1v) is 7.28. The Labute approximate surface area is 118 Å². The minimum atomic E-state index is -0.412. The van der Waals surface area contributed by atoms with E-state index in [9.17, 15) is 5.26 Å². The first kappa shape index (κ1) is 12.0. The normalized spacial score (nSPS) is 19.6. The van der Waals surface area contributed by atoms with Crippen molar-refractivity contribution in [2.45, 2.75) is 38.6 Å². The van der Waals surface area contributed by atoms with Gasteiger partial charge in [-0.05, 0) is 49.4 Å². The highest BCUT2D eigenvalue weighted by Crippen LogP contribution is 2.39. The van der Waals surface area contributed by atoms with Crippen LogP contribution in [-0.4, -0.2) is 17.8 Å². The Kier molecular flexibility index (Phi) is 2.32. The maximum Gasteiger partial charge on any atom is 0.129 e. The zero-order valence-electron chi connectivity index (χ0n) is 12.0. The number of hydrogen-bond acceptors (Lipinski definition) is 2. The topological polar surface area (TPSA) is 38.0 Å². The summed E-state index contributed by atoms with van der Waals surface area (Å²) in [4.78, 5) is 0. The molecule has 0 N–H and O–H groups in total. The van der Waals surface area contributed by atoms with Gasteiger partial charge in [0, 0.05) is 17.6 Å². The van der Waals surface area contributed by atoms with Crippen molar-refractivity contribution in [3.05, 3.63) is 34.5 Å². The molecule has 4 rings (SSSR count). The summed E-state index contributed by atoms with van der Waals surface area (Å²) >= 11 is 0. The molecule has 3 nitrogen and oxygen atoms in total. The van der Waals surface area contributed by atoms with Gasteiger partial charge in [-0.25, -0.2) is 0 Å². The maximum atomic E-state index is 9.53. The van der Waals surface area contributed by atoms with Gasteiger partial charge in [0.15, 0.2) is 0 Å². The highest BCUT2D eigenvalue weighted by molar-refractivity contribution is 5.89. The predicted octanol–water partition coefficient (Wildman–Crippen LogP) is 3.00. The number of nitriles is 1. The molecule has 20 heavy (non-hydrogen) atoms. The van der Waals surface area contributed by atoms with Crippen LogP contribution < -0.4 is 0 Å². The van der Waals surface area contributed by atoms with Gasteiger partial charge in [-0.1, -0.05) is 6.07 Å². The molecule has 1 aromatic carbocycles. The van der Waals surface area contributed by atoms with E-state index in [4.69, 9.17) is 4.74 Å². The SMILES string of the molecule is Cc1c(C)n2c3c(cc(C4(C#N)COC4)cc13)CCC2. The monoisotopic (exact) mass is 266 g/mol. The minimum absolute atomic E-state index is 0.412. The second kappa shape index (κ2) is 3.86. The zero-order chi connectivity index (χ0) is 13.9. The van der Waals surface area contributed by atoms with Gasteiger partial charge in [-0.3, -0.25) is 0 Å². The fourth-order valence-electron chi connectivity index (χ4n) is 3.64. The number of aromatic nitrogens is 1. The van der Waals surface area contributed by atoms with E-state index >= 15 is 0 Å². The van der Waals surface area contributed by atoms with Crippen LogP contribution in [0, 0.1) is 25.2 Å². The number of aryl methyl sites for hydroxylation is 3. The van der Waals surface area contributed by atoms with Crippen LogP contribution in [0.25, 0.3) is 10.9 Å². The van der Waals surface area contributed by atoms with Crippen molar-refractivity contribution in [2.75, 3.05) is 13.2 Å². The minimum Gasteiger partial charge on any atom is -0.377 e. The van der Waals surface area contributed by atoms with Gasteiger partial charge in [0.25, 0.3) is 0 Å². The lowest BCUT2D eigenvalue weighted by Crippen LogP contribution is -2.45. The molecule has 102 valence electrons. The Morgan fingerprint density at radius 1 is 1.30 bits per heavy atom. The van der Waals surface area contributed by atoms with Crippen molar-refractivity contribution >= 4 is 10.9 Å². The first-order chi connectivity index (χ1) is 9.66. The fraction of sp³-hybridized carbons (Fsp3) is 0.471. The van der Waals surface area contributed by atoms with E-state index in [-0.39, 0.29) is 0 Å². The molecular weight excluding hydrogens is 248 g/mol. The van der Waals surface area contributed by atoms with Gasteiger partial charge in [-0.15, -0.1) is 0 Å². The van der Waals surface area contributed by atoms with Gasteiger partial charge in [0.1, 0.15) is 5.41 Å². The smallest absolute Gasteiger partial charge is 0.129 e. The highest BCUT2D eigenvalue weighted by atomic mass is 16.5. The van der Waals surface area contributed by atoms with E-state index in [0.29, 0.717) is 13.2 Å². The third-order valence-corrected chi connectivity index (χ3v) is 5.10. The molecule has 0 aliphatic carbocycles. The second-order valence-electron chi connectivity index (χ2n) is 6.18. The van der Waals surface area contributed by atoms with Crippen LogP contribution in [-0.2, 0) is 23.1 Å². The number of rotatable bonds is 1. The van der Waals surface area contributed by atoms with Gasteiger partial charge in [0.2, 0.25) is 0 Å². The molecule has 0 spiro atoms. The van der Waals surface area contributed by atoms with Crippen LogP contribution in [0.4, 0.5) is 0 Å². The molecule has 2 aromatic rings. The zero-order valence-corrected chi connectivity index (χ0v) is 12.0. The molecule has 0 radical (unpaired) electrons. The van der Waals surface area contributed by atoms with Crippen LogP contribution in [0.2, 0.25) is 0 Å². The molecule has 3 heteroatoms. The van der Waals surface area contributed by atoms with Crippen molar-refractivity contribution in [1.29, 1.82) is 5.26 Å². The highest BCUT2D eigenvalue weighted by Gasteiger charge is 2.41. The van der Waals surface area contributed by atoms with Crippen LogP contribution in [0.1, 0.15) is 28.8 Å². The molecule has 2 aliphatic heterocycles. The molecule has 1 aromatic heterocycles. The summed E-state index contributed by atoms with van der Waals surface area (Å²) in [7, 11) is 0.